The molecule has 0 bridgehead atoms. The molecule has 1 aromatic rings. The topological polar surface area (TPSA) is 41.6 Å². The van der Waals surface area contributed by atoms with Crippen molar-refractivity contribution in [3.8, 4) is 5.75 Å². The summed E-state index contributed by atoms with van der Waals surface area (Å²) in [4.78, 5) is 15.5. The predicted octanol–water partition coefficient (Wildman–Crippen LogP) is 3.68. The SMILES string of the molecule is COc1cc(SC)ccc1NC(=O)N1C[C@H]2CCC[C@@H]2C1. The Hall–Kier alpha value is -1.36. The second-order valence-electron chi connectivity index (χ2n) is 5.85. The molecule has 5 heteroatoms. The molecule has 1 N–H and O–H groups in total. The quantitative estimate of drug-likeness (QED) is 0.866. The first-order chi connectivity index (χ1) is 10.2. The second-order valence-corrected chi connectivity index (χ2v) is 6.73. The van der Waals surface area contributed by atoms with E-state index in [4.69, 9.17) is 4.74 Å². The maximum atomic E-state index is 12.4. The summed E-state index contributed by atoms with van der Waals surface area (Å²) < 4.78 is 5.38. The van der Waals surface area contributed by atoms with E-state index in [2.05, 4.69) is 5.32 Å². The molecule has 0 aromatic heterocycles. The summed E-state index contributed by atoms with van der Waals surface area (Å²) in [5.41, 5.74) is 0.748. The summed E-state index contributed by atoms with van der Waals surface area (Å²) in [6, 6.07) is 5.87. The lowest BCUT2D eigenvalue weighted by Gasteiger charge is -2.19. The van der Waals surface area contributed by atoms with Gasteiger partial charge in [-0.05, 0) is 49.1 Å². The lowest BCUT2D eigenvalue weighted by Crippen LogP contribution is -2.33. The molecule has 3 rings (SSSR count). The van der Waals surface area contributed by atoms with Crippen LogP contribution in [0.4, 0.5) is 10.5 Å². The first kappa shape index (κ1) is 14.6. The molecule has 4 nitrogen and oxygen atoms in total. The van der Waals surface area contributed by atoms with Crippen molar-refractivity contribution in [2.24, 2.45) is 11.8 Å². The maximum absolute atomic E-state index is 12.4. The van der Waals surface area contributed by atoms with Gasteiger partial charge in [-0.25, -0.2) is 4.79 Å². The standard InChI is InChI=1S/C16H22N2O2S/c1-20-15-8-13(21-2)6-7-14(15)17-16(19)18-9-11-4-3-5-12(11)10-18/h6-8,11-12H,3-5,9-10H2,1-2H3,(H,17,19)/t11-,12-/m1/s1. The van der Waals surface area contributed by atoms with Crippen LogP contribution in [0.5, 0.6) is 5.75 Å². The molecule has 2 aliphatic rings. The van der Waals surface area contributed by atoms with E-state index in [1.165, 1.54) is 19.3 Å². The number of likely N-dealkylation sites (tertiary alicyclic amines) is 1. The summed E-state index contributed by atoms with van der Waals surface area (Å²) in [6.45, 7) is 1.81. The van der Waals surface area contributed by atoms with Gasteiger partial charge in [0.05, 0.1) is 12.8 Å². The Morgan fingerprint density at radius 3 is 2.67 bits per heavy atom. The fraction of sp³-hybridized carbons (Fsp3) is 0.562. The Morgan fingerprint density at radius 2 is 2.05 bits per heavy atom. The van der Waals surface area contributed by atoms with Gasteiger partial charge in [-0.15, -0.1) is 11.8 Å². The van der Waals surface area contributed by atoms with E-state index in [9.17, 15) is 4.79 Å². The third-order valence-electron chi connectivity index (χ3n) is 4.66. The zero-order valence-corrected chi connectivity index (χ0v) is 13.4. The zero-order chi connectivity index (χ0) is 14.8. The van der Waals surface area contributed by atoms with E-state index in [0.717, 1.165) is 41.3 Å². The highest BCUT2D eigenvalue weighted by atomic mass is 32.2. The highest BCUT2D eigenvalue weighted by molar-refractivity contribution is 7.98. The van der Waals surface area contributed by atoms with Crippen molar-refractivity contribution in [3.63, 3.8) is 0 Å². The molecule has 2 atom stereocenters. The molecule has 21 heavy (non-hydrogen) atoms. The molecule has 1 saturated heterocycles. The van der Waals surface area contributed by atoms with Gasteiger partial charge in [0.1, 0.15) is 5.75 Å². The van der Waals surface area contributed by atoms with Crippen LogP contribution in [-0.2, 0) is 0 Å². The van der Waals surface area contributed by atoms with Gasteiger partial charge in [0.15, 0.2) is 0 Å². The largest absolute Gasteiger partial charge is 0.495 e. The Bertz CT molecular complexity index is 523. The number of nitrogens with zero attached hydrogens (tertiary/aromatic N) is 1. The van der Waals surface area contributed by atoms with Crippen LogP contribution in [0.15, 0.2) is 23.1 Å². The Morgan fingerprint density at radius 1 is 1.33 bits per heavy atom. The number of thioether (sulfide) groups is 1. The van der Waals surface area contributed by atoms with Gasteiger partial charge >= 0.3 is 6.03 Å². The number of hydrogen-bond acceptors (Lipinski definition) is 3. The predicted molar refractivity (Wildman–Crippen MR) is 86.2 cm³/mol. The van der Waals surface area contributed by atoms with Crippen molar-refractivity contribution in [1.29, 1.82) is 0 Å². The number of carbonyl (C=O) groups is 1. The third kappa shape index (κ3) is 2.98. The number of urea groups is 1. The molecular formula is C16H22N2O2S. The van der Waals surface area contributed by atoms with Crippen LogP contribution in [0.2, 0.25) is 0 Å². The van der Waals surface area contributed by atoms with Gasteiger partial charge in [0.25, 0.3) is 0 Å². The molecule has 2 fully saturated rings. The average molecular weight is 306 g/mol. The minimum absolute atomic E-state index is 0.000369. The number of carbonyl (C=O) groups excluding carboxylic acids is 1. The minimum atomic E-state index is -0.000369. The third-order valence-corrected chi connectivity index (χ3v) is 5.39. The number of fused-ring (bicyclic) bond motifs is 1. The van der Waals surface area contributed by atoms with Gasteiger partial charge in [-0.2, -0.15) is 0 Å². The van der Waals surface area contributed by atoms with Crippen molar-refractivity contribution in [3.05, 3.63) is 18.2 Å². The second kappa shape index (κ2) is 6.18. The Balaban J connectivity index is 1.67. The van der Waals surface area contributed by atoms with Crippen molar-refractivity contribution < 1.29 is 9.53 Å². The summed E-state index contributed by atoms with van der Waals surface area (Å²) in [5.74, 6) is 2.16. The fourth-order valence-corrected chi connectivity index (χ4v) is 3.93. The maximum Gasteiger partial charge on any atom is 0.321 e. The van der Waals surface area contributed by atoms with E-state index in [0.29, 0.717) is 0 Å². The Labute approximate surface area is 130 Å². The fourth-order valence-electron chi connectivity index (χ4n) is 3.50. The van der Waals surface area contributed by atoms with Crippen LogP contribution in [0.3, 0.4) is 0 Å². The number of nitrogens with one attached hydrogen (secondary N) is 1. The van der Waals surface area contributed by atoms with Crippen molar-refractivity contribution >= 4 is 23.5 Å². The van der Waals surface area contributed by atoms with E-state index in [1.807, 2.05) is 29.4 Å². The molecule has 0 radical (unpaired) electrons. The summed E-state index contributed by atoms with van der Waals surface area (Å²) in [6.07, 6.45) is 5.91. The monoisotopic (exact) mass is 306 g/mol. The van der Waals surface area contributed by atoms with Crippen molar-refractivity contribution in [1.82, 2.24) is 4.90 Å². The van der Waals surface area contributed by atoms with E-state index < -0.39 is 0 Å². The van der Waals surface area contributed by atoms with Gasteiger partial charge in [-0.3, -0.25) is 0 Å². The lowest BCUT2D eigenvalue weighted by atomic mass is 10.0. The molecule has 1 aliphatic carbocycles. The van der Waals surface area contributed by atoms with Gasteiger partial charge in [0, 0.05) is 18.0 Å². The molecule has 2 amide bonds. The van der Waals surface area contributed by atoms with Crippen LogP contribution in [-0.4, -0.2) is 37.4 Å². The molecule has 1 aromatic carbocycles. The normalized spacial score (nSPS) is 24.0. The van der Waals surface area contributed by atoms with Crippen molar-refractivity contribution in [2.75, 3.05) is 31.8 Å². The molecule has 1 aliphatic heterocycles. The number of hydrogen-bond donors (Lipinski definition) is 1. The zero-order valence-electron chi connectivity index (χ0n) is 12.6. The van der Waals surface area contributed by atoms with E-state index in [-0.39, 0.29) is 6.03 Å². The number of methoxy groups -OCH3 is 1. The van der Waals surface area contributed by atoms with Gasteiger partial charge < -0.3 is 15.0 Å². The van der Waals surface area contributed by atoms with Crippen LogP contribution in [0.25, 0.3) is 0 Å². The molecule has 114 valence electrons. The smallest absolute Gasteiger partial charge is 0.321 e. The minimum Gasteiger partial charge on any atom is -0.495 e. The van der Waals surface area contributed by atoms with Gasteiger partial charge in [-0.1, -0.05) is 6.42 Å². The van der Waals surface area contributed by atoms with E-state index in [1.54, 1.807) is 18.9 Å². The van der Waals surface area contributed by atoms with Crippen LogP contribution in [0.1, 0.15) is 19.3 Å². The number of ether oxygens (including phenoxy) is 1. The lowest BCUT2D eigenvalue weighted by molar-refractivity contribution is 0.218. The number of benzene rings is 1. The molecular weight excluding hydrogens is 284 g/mol. The molecule has 1 saturated carbocycles. The first-order valence-electron chi connectivity index (χ1n) is 7.49. The van der Waals surface area contributed by atoms with Gasteiger partial charge in [0.2, 0.25) is 0 Å². The average Bonchev–Trinajstić information content (AvgIpc) is 3.08. The number of rotatable bonds is 3. The summed E-state index contributed by atoms with van der Waals surface area (Å²) >= 11 is 1.66. The number of anilines is 1. The number of amides is 2. The Kier molecular flexibility index (Phi) is 4.29. The van der Waals surface area contributed by atoms with Crippen LogP contribution < -0.4 is 10.1 Å². The summed E-state index contributed by atoms with van der Waals surface area (Å²) in [7, 11) is 1.63. The van der Waals surface area contributed by atoms with Crippen molar-refractivity contribution in [2.45, 2.75) is 24.2 Å². The highest BCUT2D eigenvalue weighted by Gasteiger charge is 2.38. The molecule has 0 spiro atoms. The first-order valence-corrected chi connectivity index (χ1v) is 8.71. The van der Waals surface area contributed by atoms with Crippen LogP contribution >= 0.6 is 11.8 Å². The molecule has 0 unspecified atom stereocenters. The molecule has 1 heterocycles. The highest BCUT2D eigenvalue weighted by Crippen LogP contribution is 2.38. The van der Waals surface area contributed by atoms with Crippen LogP contribution in [0, 0.1) is 11.8 Å². The summed E-state index contributed by atoms with van der Waals surface area (Å²) in [5, 5.41) is 3.00. The van der Waals surface area contributed by atoms with E-state index >= 15 is 0 Å².